The molecule has 1 aliphatic rings. The van der Waals surface area contributed by atoms with Crippen LogP contribution in [0.5, 0.6) is 0 Å². The molecule has 1 saturated heterocycles. The zero-order chi connectivity index (χ0) is 19.0. The summed E-state index contributed by atoms with van der Waals surface area (Å²) >= 11 is 0. The lowest BCUT2D eigenvalue weighted by molar-refractivity contribution is 0.188. The molecule has 0 spiro atoms. The van der Waals surface area contributed by atoms with Crippen LogP contribution in [0, 0.1) is 5.41 Å². The van der Waals surface area contributed by atoms with Crippen LogP contribution >= 0.6 is 0 Å². The van der Waals surface area contributed by atoms with Crippen LogP contribution in [0.15, 0.2) is 35.3 Å². The van der Waals surface area contributed by atoms with Gasteiger partial charge in [0.1, 0.15) is 0 Å². The fraction of sp³-hybridized carbons (Fsp3) is 0.600. The molecule has 2 amide bonds. The number of nitrogens with zero attached hydrogens (tertiary/aromatic N) is 2. The molecular weight excluding hydrogens is 326 g/mol. The number of carbonyl (C=O) groups excluding carboxylic acids is 1. The van der Waals surface area contributed by atoms with E-state index in [2.05, 4.69) is 55.7 Å². The molecule has 6 heteroatoms. The van der Waals surface area contributed by atoms with Gasteiger partial charge in [-0.15, -0.1) is 0 Å². The predicted octanol–water partition coefficient (Wildman–Crippen LogP) is 2.35. The molecular formula is C20H33N5O. The standard InChI is InChI=1S/C20H33N5O/c1-4-22-19(24-17-10-12-25(13-11-17)18(21)26)23-15-20(2,3)14-16-8-6-5-7-9-16/h5-9,17H,4,10-15H2,1-3H3,(H2,21,26)(H2,22,23,24). The van der Waals surface area contributed by atoms with Crippen LogP contribution in [-0.4, -0.2) is 49.1 Å². The summed E-state index contributed by atoms with van der Waals surface area (Å²) in [5, 5.41) is 6.85. The van der Waals surface area contributed by atoms with Crippen molar-refractivity contribution >= 4 is 12.0 Å². The van der Waals surface area contributed by atoms with Gasteiger partial charge in [0, 0.05) is 32.2 Å². The van der Waals surface area contributed by atoms with E-state index in [0.29, 0.717) is 19.1 Å². The van der Waals surface area contributed by atoms with Gasteiger partial charge in [-0.25, -0.2) is 4.79 Å². The van der Waals surface area contributed by atoms with Gasteiger partial charge in [0.05, 0.1) is 0 Å². The Hall–Kier alpha value is -2.24. The van der Waals surface area contributed by atoms with Crippen LogP contribution in [0.2, 0.25) is 0 Å². The van der Waals surface area contributed by atoms with E-state index in [1.807, 2.05) is 6.07 Å². The quantitative estimate of drug-likeness (QED) is 0.539. The molecule has 0 aromatic heterocycles. The van der Waals surface area contributed by atoms with Gasteiger partial charge < -0.3 is 21.3 Å². The average Bonchev–Trinajstić information content (AvgIpc) is 2.61. The topological polar surface area (TPSA) is 82.8 Å². The molecule has 1 aromatic rings. The second-order valence-corrected chi connectivity index (χ2v) is 7.77. The van der Waals surface area contributed by atoms with E-state index in [-0.39, 0.29) is 11.4 Å². The molecule has 2 rings (SSSR count). The van der Waals surface area contributed by atoms with Gasteiger partial charge in [0.2, 0.25) is 0 Å². The van der Waals surface area contributed by atoms with Gasteiger partial charge in [-0.05, 0) is 37.2 Å². The largest absolute Gasteiger partial charge is 0.357 e. The summed E-state index contributed by atoms with van der Waals surface area (Å²) in [7, 11) is 0. The van der Waals surface area contributed by atoms with Crippen molar-refractivity contribution in [3.05, 3.63) is 35.9 Å². The lowest BCUT2D eigenvalue weighted by Crippen LogP contribution is -2.50. The molecule has 0 aliphatic carbocycles. The monoisotopic (exact) mass is 359 g/mol. The summed E-state index contributed by atoms with van der Waals surface area (Å²) in [6.07, 6.45) is 2.77. The molecule has 144 valence electrons. The van der Waals surface area contributed by atoms with E-state index in [1.54, 1.807) is 4.90 Å². The molecule has 1 fully saturated rings. The van der Waals surface area contributed by atoms with Crippen molar-refractivity contribution in [3.63, 3.8) is 0 Å². The molecule has 1 heterocycles. The second kappa shape index (κ2) is 9.46. The molecule has 0 unspecified atom stereocenters. The molecule has 26 heavy (non-hydrogen) atoms. The summed E-state index contributed by atoms with van der Waals surface area (Å²) < 4.78 is 0. The average molecular weight is 360 g/mol. The predicted molar refractivity (Wildman–Crippen MR) is 107 cm³/mol. The minimum Gasteiger partial charge on any atom is -0.357 e. The fourth-order valence-corrected chi connectivity index (χ4v) is 3.26. The number of amides is 2. The number of guanidine groups is 1. The summed E-state index contributed by atoms with van der Waals surface area (Å²) in [6, 6.07) is 10.5. The number of benzene rings is 1. The highest BCUT2D eigenvalue weighted by Gasteiger charge is 2.23. The number of piperidine rings is 1. The third-order valence-corrected chi connectivity index (χ3v) is 4.68. The van der Waals surface area contributed by atoms with Gasteiger partial charge in [0.25, 0.3) is 0 Å². The number of carbonyl (C=O) groups is 1. The molecule has 1 aromatic carbocycles. The minimum atomic E-state index is -0.327. The lowest BCUT2D eigenvalue weighted by Gasteiger charge is -2.32. The van der Waals surface area contributed by atoms with Gasteiger partial charge in [-0.1, -0.05) is 44.2 Å². The summed E-state index contributed by atoms with van der Waals surface area (Å²) in [5.41, 5.74) is 6.77. The van der Waals surface area contributed by atoms with Crippen molar-refractivity contribution in [2.45, 2.75) is 46.1 Å². The number of nitrogens with one attached hydrogen (secondary N) is 2. The molecule has 6 nitrogen and oxygen atoms in total. The number of rotatable bonds is 6. The van der Waals surface area contributed by atoms with E-state index in [4.69, 9.17) is 10.7 Å². The van der Waals surface area contributed by atoms with Crippen LogP contribution in [0.3, 0.4) is 0 Å². The van der Waals surface area contributed by atoms with Gasteiger partial charge >= 0.3 is 6.03 Å². The molecule has 4 N–H and O–H groups in total. The first-order valence-electron chi connectivity index (χ1n) is 9.53. The van der Waals surface area contributed by atoms with Crippen molar-refractivity contribution in [3.8, 4) is 0 Å². The van der Waals surface area contributed by atoms with E-state index in [9.17, 15) is 4.79 Å². The highest BCUT2D eigenvalue weighted by molar-refractivity contribution is 5.80. The number of urea groups is 1. The van der Waals surface area contributed by atoms with E-state index >= 15 is 0 Å². The lowest BCUT2D eigenvalue weighted by atomic mass is 9.86. The summed E-state index contributed by atoms with van der Waals surface area (Å²) in [5.74, 6) is 0.853. The zero-order valence-corrected chi connectivity index (χ0v) is 16.3. The van der Waals surface area contributed by atoms with Crippen molar-refractivity contribution in [1.29, 1.82) is 0 Å². The Morgan fingerprint density at radius 2 is 1.92 bits per heavy atom. The zero-order valence-electron chi connectivity index (χ0n) is 16.3. The summed E-state index contributed by atoms with van der Waals surface area (Å²) in [4.78, 5) is 17.8. The van der Waals surface area contributed by atoms with Gasteiger partial charge in [-0.3, -0.25) is 4.99 Å². The van der Waals surface area contributed by atoms with E-state index in [0.717, 1.165) is 38.3 Å². The van der Waals surface area contributed by atoms with Crippen LogP contribution in [-0.2, 0) is 6.42 Å². The van der Waals surface area contributed by atoms with Crippen molar-refractivity contribution < 1.29 is 4.79 Å². The number of aliphatic imine (C=N–C) groups is 1. The molecule has 0 saturated carbocycles. The Morgan fingerprint density at radius 3 is 2.50 bits per heavy atom. The second-order valence-electron chi connectivity index (χ2n) is 7.77. The first-order valence-corrected chi connectivity index (χ1v) is 9.53. The highest BCUT2D eigenvalue weighted by atomic mass is 16.2. The van der Waals surface area contributed by atoms with Crippen LogP contribution < -0.4 is 16.4 Å². The molecule has 1 aliphatic heterocycles. The minimum absolute atomic E-state index is 0.0824. The van der Waals surface area contributed by atoms with Crippen LogP contribution in [0.25, 0.3) is 0 Å². The SMILES string of the molecule is CCNC(=NCC(C)(C)Cc1ccccc1)NC1CCN(C(N)=O)CC1. The smallest absolute Gasteiger partial charge is 0.314 e. The van der Waals surface area contributed by atoms with Crippen molar-refractivity contribution in [1.82, 2.24) is 15.5 Å². The number of likely N-dealkylation sites (tertiary alicyclic amines) is 1. The van der Waals surface area contributed by atoms with Crippen LogP contribution in [0.4, 0.5) is 4.79 Å². The van der Waals surface area contributed by atoms with Gasteiger partial charge in [-0.2, -0.15) is 0 Å². The maximum Gasteiger partial charge on any atom is 0.314 e. The number of nitrogens with two attached hydrogens (primary N) is 1. The first kappa shape index (κ1) is 20.1. The third-order valence-electron chi connectivity index (χ3n) is 4.68. The number of hydrogen-bond acceptors (Lipinski definition) is 2. The van der Waals surface area contributed by atoms with Crippen LogP contribution in [0.1, 0.15) is 39.2 Å². The maximum atomic E-state index is 11.2. The Labute approximate surface area is 157 Å². The summed E-state index contributed by atoms with van der Waals surface area (Å²) in [6.45, 7) is 9.54. The fourth-order valence-electron chi connectivity index (χ4n) is 3.26. The molecule has 0 radical (unpaired) electrons. The molecule has 0 atom stereocenters. The third kappa shape index (κ3) is 6.58. The van der Waals surface area contributed by atoms with Gasteiger partial charge in [0.15, 0.2) is 5.96 Å². The molecule has 0 bridgehead atoms. The van der Waals surface area contributed by atoms with E-state index in [1.165, 1.54) is 5.56 Å². The first-order chi connectivity index (χ1) is 12.4. The Bertz CT molecular complexity index is 591. The number of hydrogen-bond donors (Lipinski definition) is 3. The highest BCUT2D eigenvalue weighted by Crippen LogP contribution is 2.22. The normalized spacial score (nSPS) is 16.4. The van der Waals surface area contributed by atoms with Crippen molar-refractivity contribution in [2.75, 3.05) is 26.2 Å². The Balaban J connectivity index is 1.90. The van der Waals surface area contributed by atoms with E-state index < -0.39 is 0 Å². The Morgan fingerprint density at radius 1 is 1.27 bits per heavy atom. The Kier molecular flexibility index (Phi) is 7.30. The number of primary amides is 1. The van der Waals surface area contributed by atoms with Crippen molar-refractivity contribution in [2.24, 2.45) is 16.1 Å². The maximum absolute atomic E-state index is 11.2.